The van der Waals surface area contributed by atoms with Gasteiger partial charge < -0.3 is 0 Å². The van der Waals surface area contributed by atoms with Gasteiger partial charge in [-0.3, -0.25) is 5.01 Å². The van der Waals surface area contributed by atoms with Crippen LogP contribution in [0.2, 0.25) is 0 Å². The van der Waals surface area contributed by atoms with Gasteiger partial charge in [0.25, 0.3) is 0 Å². The van der Waals surface area contributed by atoms with Gasteiger partial charge in [0.1, 0.15) is 0 Å². The van der Waals surface area contributed by atoms with Gasteiger partial charge in [-0.15, -0.1) is 0 Å². The number of hydrazone groups is 1. The second kappa shape index (κ2) is 3.81. The molecule has 0 amide bonds. The molecular weight excluding hydrogens is 217 g/mol. The van der Waals surface area contributed by atoms with Crippen LogP contribution < -0.4 is 5.01 Å². The van der Waals surface area contributed by atoms with E-state index in [9.17, 15) is 13.2 Å². The first-order valence-corrected chi connectivity index (χ1v) is 4.93. The second-order valence-electron chi connectivity index (χ2n) is 3.78. The first-order chi connectivity index (χ1) is 7.48. The highest BCUT2D eigenvalue weighted by Gasteiger charge is 2.47. The molecule has 0 spiro atoms. The lowest BCUT2D eigenvalue weighted by molar-refractivity contribution is -0.145. The monoisotopic (exact) mass is 228 g/mol. The maximum Gasteiger partial charge on any atom is 0.411 e. The van der Waals surface area contributed by atoms with E-state index in [1.54, 1.807) is 37.3 Å². The number of halogens is 3. The predicted molar refractivity (Wildman–Crippen MR) is 56.5 cm³/mol. The Labute approximate surface area is 91.4 Å². The van der Waals surface area contributed by atoms with Crippen molar-refractivity contribution in [3.05, 3.63) is 30.3 Å². The summed E-state index contributed by atoms with van der Waals surface area (Å²) in [5.41, 5.74) is 0.979. The zero-order valence-corrected chi connectivity index (χ0v) is 8.70. The summed E-state index contributed by atoms with van der Waals surface area (Å²) in [7, 11) is 0. The number of alkyl halides is 3. The minimum atomic E-state index is -4.25. The topological polar surface area (TPSA) is 15.6 Å². The summed E-state index contributed by atoms with van der Waals surface area (Å²) in [6, 6.07) is 6.88. The van der Waals surface area contributed by atoms with Crippen LogP contribution in [0.1, 0.15) is 13.3 Å². The van der Waals surface area contributed by atoms with E-state index in [1.807, 2.05) is 0 Å². The summed E-state index contributed by atoms with van der Waals surface area (Å²) in [5.74, 6) is 0. The standard InChI is InChI=1S/C11H11F3N2/c1-8-7-10(11(12,13)14)16(15-8)9-5-3-2-4-6-9/h2-6,10H,7H2,1H3. The number of hydrogen-bond donors (Lipinski definition) is 0. The minimum Gasteiger partial charge on any atom is -0.253 e. The Morgan fingerprint density at radius 2 is 1.88 bits per heavy atom. The summed E-state index contributed by atoms with van der Waals surface area (Å²) < 4.78 is 38.3. The van der Waals surface area contributed by atoms with E-state index in [1.165, 1.54) is 0 Å². The molecule has 0 aromatic heterocycles. The van der Waals surface area contributed by atoms with E-state index in [2.05, 4.69) is 5.10 Å². The molecule has 2 rings (SSSR count). The number of benzene rings is 1. The highest BCUT2D eigenvalue weighted by Crippen LogP contribution is 2.34. The van der Waals surface area contributed by atoms with Crippen molar-refractivity contribution in [2.45, 2.75) is 25.6 Å². The van der Waals surface area contributed by atoms with E-state index in [-0.39, 0.29) is 6.42 Å². The molecule has 0 N–H and O–H groups in total. The fourth-order valence-corrected chi connectivity index (χ4v) is 1.73. The van der Waals surface area contributed by atoms with Gasteiger partial charge in [-0.1, -0.05) is 18.2 Å². The lowest BCUT2D eigenvalue weighted by Gasteiger charge is -2.25. The maximum absolute atomic E-state index is 12.8. The zero-order valence-electron chi connectivity index (χ0n) is 8.70. The third-order valence-corrected chi connectivity index (χ3v) is 2.46. The number of nitrogens with zero attached hydrogens (tertiary/aromatic N) is 2. The van der Waals surface area contributed by atoms with Crippen molar-refractivity contribution in [3.8, 4) is 0 Å². The van der Waals surface area contributed by atoms with Gasteiger partial charge in [0, 0.05) is 12.1 Å². The number of anilines is 1. The molecule has 5 heteroatoms. The Balaban J connectivity index is 2.32. The van der Waals surface area contributed by atoms with Crippen LogP contribution in [0.15, 0.2) is 35.4 Å². The van der Waals surface area contributed by atoms with E-state index in [4.69, 9.17) is 0 Å². The highest BCUT2D eigenvalue weighted by atomic mass is 19.4. The Hall–Kier alpha value is -1.52. The summed E-state index contributed by atoms with van der Waals surface area (Å²) in [5, 5.41) is 4.99. The van der Waals surface area contributed by atoms with Gasteiger partial charge >= 0.3 is 6.18 Å². The van der Waals surface area contributed by atoms with E-state index >= 15 is 0 Å². The van der Waals surface area contributed by atoms with Crippen molar-refractivity contribution in [3.63, 3.8) is 0 Å². The quantitative estimate of drug-likeness (QED) is 0.720. The molecule has 1 heterocycles. The molecule has 1 unspecified atom stereocenters. The molecule has 16 heavy (non-hydrogen) atoms. The van der Waals surface area contributed by atoms with Crippen molar-refractivity contribution in [1.82, 2.24) is 0 Å². The largest absolute Gasteiger partial charge is 0.411 e. The molecule has 0 saturated heterocycles. The fourth-order valence-electron chi connectivity index (χ4n) is 1.73. The average Bonchev–Trinajstić information content (AvgIpc) is 2.61. The Bertz CT molecular complexity index is 397. The molecule has 1 aromatic rings. The van der Waals surface area contributed by atoms with Crippen molar-refractivity contribution >= 4 is 11.4 Å². The molecule has 0 fully saturated rings. The SMILES string of the molecule is CC1=NN(c2ccccc2)C(C(F)(F)F)C1. The van der Waals surface area contributed by atoms with Crippen molar-refractivity contribution in [1.29, 1.82) is 0 Å². The lowest BCUT2D eigenvalue weighted by Crippen LogP contribution is -2.40. The van der Waals surface area contributed by atoms with Crippen LogP contribution >= 0.6 is 0 Å². The van der Waals surface area contributed by atoms with Gasteiger partial charge in [0.2, 0.25) is 0 Å². The third kappa shape index (κ3) is 2.03. The van der Waals surface area contributed by atoms with Crippen LogP contribution in [0.5, 0.6) is 0 Å². The molecule has 0 aliphatic carbocycles. The van der Waals surface area contributed by atoms with E-state index in [0.29, 0.717) is 11.4 Å². The molecular formula is C11H11F3N2. The Morgan fingerprint density at radius 1 is 1.25 bits per heavy atom. The van der Waals surface area contributed by atoms with Crippen molar-refractivity contribution in [2.24, 2.45) is 5.10 Å². The first-order valence-electron chi connectivity index (χ1n) is 4.93. The molecule has 1 aliphatic heterocycles. The minimum absolute atomic E-state index is 0.0571. The number of rotatable bonds is 1. The van der Waals surface area contributed by atoms with Crippen LogP contribution in [0.4, 0.5) is 18.9 Å². The summed E-state index contributed by atoms with van der Waals surface area (Å²) >= 11 is 0. The smallest absolute Gasteiger partial charge is 0.253 e. The zero-order chi connectivity index (χ0) is 11.8. The molecule has 1 atom stereocenters. The first kappa shape index (κ1) is 11.0. The van der Waals surface area contributed by atoms with Crippen LogP contribution in [0, 0.1) is 0 Å². The van der Waals surface area contributed by atoms with Gasteiger partial charge in [0.15, 0.2) is 6.04 Å². The molecule has 0 saturated carbocycles. The molecule has 1 aliphatic rings. The Kier molecular flexibility index (Phi) is 2.61. The molecule has 0 radical (unpaired) electrons. The van der Waals surface area contributed by atoms with Gasteiger partial charge in [0.05, 0.1) is 5.69 Å². The predicted octanol–water partition coefficient (Wildman–Crippen LogP) is 3.20. The highest BCUT2D eigenvalue weighted by molar-refractivity contribution is 5.86. The molecule has 0 bridgehead atoms. The van der Waals surface area contributed by atoms with Crippen molar-refractivity contribution < 1.29 is 13.2 Å². The average molecular weight is 228 g/mol. The molecule has 86 valence electrons. The molecule has 2 nitrogen and oxygen atoms in total. The maximum atomic E-state index is 12.8. The summed E-state index contributed by atoms with van der Waals surface area (Å²) in [6.45, 7) is 1.61. The number of para-hydroxylation sites is 1. The van der Waals surface area contributed by atoms with Gasteiger partial charge in [-0.2, -0.15) is 18.3 Å². The van der Waals surface area contributed by atoms with Crippen LogP contribution in [-0.2, 0) is 0 Å². The van der Waals surface area contributed by atoms with Crippen LogP contribution in [-0.4, -0.2) is 17.9 Å². The van der Waals surface area contributed by atoms with Crippen LogP contribution in [0.25, 0.3) is 0 Å². The lowest BCUT2D eigenvalue weighted by atomic mass is 10.1. The molecule has 1 aromatic carbocycles. The van der Waals surface area contributed by atoms with E-state index in [0.717, 1.165) is 5.01 Å². The van der Waals surface area contributed by atoms with Gasteiger partial charge in [-0.05, 0) is 19.1 Å². The normalized spacial score (nSPS) is 21.1. The van der Waals surface area contributed by atoms with E-state index < -0.39 is 12.2 Å². The van der Waals surface area contributed by atoms with Crippen LogP contribution in [0.3, 0.4) is 0 Å². The fraction of sp³-hybridized carbons (Fsp3) is 0.364. The second-order valence-corrected chi connectivity index (χ2v) is 3.78. The Morgan fingerprint density at radius 3 is 2.44 bits per heavy atom. The third-order valence-electron chi connectivity index (χ3n) is 2.46. The number of hydrogen-bond acceptors (Lipinski definition) is 2. The van der Waals surface area contributed by atoms with Crippen molar-refractivity contribution in [2.75, 3.05) is 5.01 Å². The summed E-state index contributed by atoms with van der Waals surface area (Å²) in [4.78, 5) is 0. The summed E-state index contributed by atoms with van der Waals surface area (Å²) in [6.07, 6.45) is -4.31. The van der Waals surface area contributed by atoms with Gasteiger partial charge in [-0.25, -0.2) is 0 Å².